The lowest BCUT2D eigenvalue weighted by atomic mass is 10.1. The highest BCUT2D eigenvalue weighted by Gasteiger charge is 2.18. The Balaban J connectivity index is 1.62. The van der Waals surface area contributed by atoms with Crippen LogP contribution in [0, 0.1) is 0 Å². The summed E-state index contributed by atoms with van der Waals surface area (Å²) in [6, 6.07) is 6.89. The van der Waals surface area contributed by atoms with E-state index in [1.807, 2.05) is 0 Å². The summed E-state index contributed by atoms with van der Waals surface area (Å²) in [6.07, 6.45) is 12.6. The first-order valence-corrected chi connectivity index (χ1v) is 12.6. The molecular formula is C26H42N2O4. The minimum atomic E-state index is -0.442. The van der Waals surface area contributed by atoms with Crippen LogP contribution in [0.3, 0.4) is 0 Å². The lowest BCUT2D eigenvalue weighted by Crippen LogP contribution is -2.38. The predicted octanol–water partition coefficient (Wildman–Crippen LogP) is 4.83. The van der Waals surface area contributed by atoms with Crippen molar-refractivity contribution in [2.75, 3.05) is 46.0 Å². The summed E-state index contributed by atoms with van der Waals surface area (Å²) in [5.41, 5.74) is 0.714. The molecule has 1 saturated heterocycles. The van der Waals surface area contributed by atoms with Gasteiger partial charge in [-0.05, 0) is 18.6 Å². The number of rotatable bonds is 16. The van der Waals surface area contributed by atoms with Gasteiger partial charge in [-0.3, -0.25) is 9.69 Å². The van der Waals surface area contributed by atoms with Gasteiger partial charge in [-0.15, -0.1) is 0 Å². The maximum atomic E-state index is 12.6. The Kier molecular flexibility index (Phi) is 13.7. The van der Waals surface area contributed by atoms with E-state index in [2.05, 4.69) is 17.1 Å². The van der Waals surface area contributed by atoms with Crippen LogP contribution in [-0.4, -0.2) is 62.8 Å². The molecule has 6 nitrogen and oxygen atoms in total. The quantitative estimate of drug-likeness (QED) is 0.291. The normalized spacial score (nSPS) is 14.3. The van der Waals surface area contributed by atoms with Gasteiger partial charge < -0.3 is 14.8 Å². The van der Waals surface area contributed by atoms with Gasteiger partial charge in [0.15, 0.2) is 0 Å². The third-order valence-corrected chi connectivity index (χ3v) is 5.95. The number of hydrogen-bond acceptors (Lipinski definition) is 5. The van der Waals surface area contributed by atoms with Crippen molar-refractivity contribution in [2.45, 2.75) is 71.1 Å². The minimum absolute atomic E-state index is 0.207. The smallest absolute Gasteiger partial charge is 0.338 e. The van der Waals surface area contributed by atoms with Gasteiger partial charge in [0.2, 0.25) is 0 Å². The first kappa shape index (κ1) is 26.3. The molecule has 0 spiro atoms. The van der Waals surface area contributed by atoms with Crippen LogP contribution in [0.4, 0.5) is 0 Å². The van der Waals surface area contributed by atoms with Gasteiger partial charge in [0.25, 0.3) is 5.91 Å². The number of carbonyl (C=O) groups is 2. The minimum Gasteiger partial charge on any atom is -0.461 e. The number of unbranched alkanes of at least 4 members (excludes halogenated alkanes) is 9. The van der Waals surface area contributed by atoms with Gasteiger partial charge in [0.05, 0.1) is 24.3 Å². The molecule has 1 N–H and O–H groups in total. The molecule has 0 bridgehead atoms. The zero-order chi connectivity index (χ0) is 22.9. The average Bonchev–Trinajstić information content (AvgIpc) is 2.83. The van der Waals surface area contributed by atoms with Crippen LogP contribution < -0.4 is 5.32 Å². The van der Waals surface area contributed by atoms with E-state index in [9.17, 15) is 9.59 Å². The summed E-state index contributed by atoms with van der Waals surface area (Å²) in [5.74, 6) is -0.649. The molecule has 1 aliphatic rings. The third-order valence-electron chi connectivity index (χ3n) is 5.95. The monoisotopic (exact) mass is 446 g/mol. The predicted molar refractivity (Wildman–Crippen MR) is 128 cm³/mol. The molecule has 0 saturated carbocycles. The Hall–Kier alpha value is -1.92. The fourth-order valence-electron chi connectivity index (χ4n) is 3.94. The highest BCUT2D eigenvalue weighted by atomic mass is 16.5. The van der Waals surface area contributed by atoms with Crippen LogP contribution >= 0.6 is 0 Å². The van der Waals surface area contributed by atoms with Crippen molar-refractivity contribution in [3.05, 3.63) is 35.4 Å². The number of ether oxygens (including phenoxy) is 2. The highest BCUT2D eigenvalue weighted by molar-refractivity contribution is 6.05. The molecule has 32 heavy (non-hydrogen) atoms. The van der Waals surface area contributed by atoms with Gasteiger partial charge in [-0.2, -0.15) is 0 Å². The number of carbonyl (C=O) groups excluding carboxylic acids is 2. The Labute approximate surface area is 194 Å². The zero-order valence-corrected chi connectivity index (χ0v) is 19.9. The van der Waals surface area contributed by atoms with Gasteiger partial charge in [-0.1, -0.05) is 76.8 Å². The van der Waals surface area contributed by atoms with E-state index < -0.39 is 5.97 Å². The van der Waals surface area contributed by atoms with Gasteiger partial charge >= 0.3 is 5.97 Å². The molecule has 1 aliphatic heterocycles. The molecule has 1 heterocycles. The highest BCUT2D eigenvalue weighted by Crippen LogP contribution is 2.12. The molecule has 2 rings (SSSR count). The summed E-state index contributed by atoms with van der Waals surface area (Å²) in [5, 5.41) is 2.96. The Bertz CT molecular complexity index is 659. The van der Waals surface area contributed by atoms with Crippen molar-refractivity contribution in [3.63, 3.8) is 0 Å². The fraction of sp³-hybridized carbons (Fsp3) is 0.692. The molecule has 1 aromatic rings. The maximum Gasteiger partial charge on any atom is 0.338 e. The Morgan fingerprint density at radius 2 is 1.50 bits per heavy atom. The van der Waals surface area contributed by atoms with Crippen LogP contribution in [0.5, 0.6) is 0 Å². The first-order chi connectivity index (χ1) is 15.7. The van der Waals surface area contributed by atoms with Crippen molar-refractivity contribution in [2.24, 2.45) is 0 Å². The number of morpholine rings is 1. The van der Waals surface area contributed by atoms with Crippen LogP contribution in [0.2, 0.25) is 0 Å². The third kappa shape index (κ3) is 10.6. The molecule has 0 radical (unpaired) electrons. The Morgan fingerprint density at radius 1 is 0.906 bits per heavy atom. The van der Waals surface area contributed by atoms with Crippen molar-refractivity contribution >= 4 is 11.9 Å². The number of nitrogens with zero attached hydrogens (tertiary/aromatic N) is 1. The molecule has 1 aromatic carbocycles. The van der Waals surface area contributed by atoms with Gasteiger partial charge in [-0.25, -0.2) is 4.79 Å². The molecule has 6 heteroatoms. The van der Waals surface area contributed by atoms with Crippen molar-refractivity contribution in [3.8, 4) is 0 Å². The summed E-state index contributed by atoms with van der Waals surface area (Å²) < 4.78 is 10.8. The number of esters is 1. The van der Waals surface area contributed by atoms with E-state index in [0.717, 1.165) is 39.1 Å². The second kappa shape index (κ2) is 16.7. The second-order valence-corrected chi connectivity index (χ2v) is 8.57. The maximum absolute atomic E-state index is 12.6. The summed E-state index contributed by atoms with van der Waals surface area (Å²) in [6.45, 7) is 7.03. The lowest BCUT2D eigenvalue weighted by molar-refractivity contribution is 0.0194. The molecule has 0 aromatic heterocycles. The van der Waals surface area contributed by atoms with E-state index >= 15 is 0 Å². The molecular weight excluding hydrogens is 404 g/mol. The number of benzene rings is 1. The number of nitrogens with one attached hydrogen (secondary N) is 1. The Morgan fingerprint density at radius 3 is 2.16 bits per heavy atom. The number of amides is 1. The van der Waals surface area contributed by atoms with Crippen molar-refractivity contribution < 1.29 is 19.1 Å². The van der Waals surface area contributed by atoms with Crippen molar-refractivity contribution in [1.29, 1.82) is 0 Å². The molecule has 180 valence electrons. The van der Waals surface area contributed by atoms with Crippen LogP contribution in [-0.2, 0) is 9.47 Å². The standard InChI is InChI=1S/C26H42N2O4/c1-2-3-4-5-6-7-8-9-10-13-16-27-25(29)23-14-11-12-15-24(23)26(30)32-22-19-28-17-20-31-21-18-28/h11-12,14-15H,2-10,13,16-22H2,1H3,(H,27,29). The summed E-state index contributed by atoms with van der Waals surface area (Å²) >= 11 is 0. The van der Waals surface area contributed by atoms with E-state index in [0.29, 0.717) is 30.8 Å². The van der Waals surface area contributed by atoms with E-state index in [1.54, 1.807) is 24.3 Å². The van der Waals surface area contributed by atoms with E-state index in [4.69, 9.17) is 9.47 Å². The average molecular weight is 447 g/mol. The van der Waals surface area contributed by atoms with Crippen LogP contribution in [0.1, 0.15) is 91.8 Å². The van der Waals surface area contributed by atoms with Crippen molar-refractivity contribution in [1.82, 2.24) is 10.2 Å². The number of hydrogen-bond donors (Lipinski definition) is 1. The fourth-order valence-corrected chi connectivity index (χ4v) is 3.94. The lowest BCUT2D eigenvalue weighted by Gasteiger charge is -2.26. The first-order valence-electron chi connectivity index (χ1n) is 12.6. The molecule has 0 aliphatic carbocycles. The summed E-state index contributed by atoms with van der Waals surface area (Å²) in [7, 11) is 0. The largest absolute Gasteiger partial charge is 0.461 e. The van der Waals surface area contributed by atoms with Gasteiger partial charge in [0.1, 0.15) is 6.61 Å². The zero-order valence-electron chi connectivity index (χ0n) is 19.9. The van der Waals surface area contributed by atoms with E-state index in [-0.39, 0.29) is 5.91 Å². The SMILES string of the molecule is CCCCCCCCCCCCNC(=O)c1ccccc1C(=O)OCCN1CCOCC1. The van der Waals surface area contributed by atoms with Crippen LogP contribution in [0.25, 0.3) is 0 Å². The van der Waals surface area contributed by atoms with Crippen LogP contribution in [0.15, 0.2) is 24.3 Å². The summed E-state index contributed by atoms with van der Waals surface area (Å²) in [4.78, 5) is 27.3. The molecule has 1 amide bonds. The van der Waals surface area contributed by atoms with Gasteiger partial charge in [0, 0.05) is 26.2 Å². The topological polar surface area (TPSA) is 67.9 Å². The molecule has 0 atom stereocenters. The van der Waals surface area contributed by atoms with E-state index in [1.165, 1.54) is 51.4 Å². The molecule has 0 unspecified atom stereocenters. The second-order valence-electron chi connectivity index (χ2n) is 8.57. The molecule has 1 fully saturated rings.